The molecule has 2 N–H and O–H groups in total. The Kier molecular flexibility index (Phi) is 2.76. The minimum atomic E-state index is -1.18. The molecule has 0 unspecified atom stereocenters. The molecule has 5 nitrogen and oxygen atoms in total. The van der Waals surface area contributed by atoms with Crippen LogP contribution >= 0.6 is 0 Å². The van der Waals surface area contributed by atoms with E-state index >= 15 is 0 Å². The maximum absolute atomic E-state index is 11.6. The number of carboxylic acid groups (broad SMARTS) is 1. The van der Waals surface area contributed by atoms with Crippen molar-refractivity contribution in [1.29, 1.82) is 0 Å². The third-order valence-corrected chi connectivity index (χ3v) is 2.38. The van der Waals surface area contributed by atoms with E-state index in [1.54, 1.807) is 0 Å². The molecule has 5 heteroatoms. The number of amides is 1. The lowest BCUT2D eigenvalue weighted by molar-refractivity contribution is 0.0659. The summed E-state index contributed by atoms with van der Waals surface area (Å²) in [5.41, 5.74) is 0. The molecule has 2 rings (SSSR count). The van der Waals surface area contributed by atoms with Gasteiger partial charge in [-0.05, 0) is 25.0 Å². The number of carbonyl (C=O) groups excluding carboxylic acids is 1. The average molecular weight is 221 g/mol. The lowest BCUT2D eigenvalue weighted by Crippen LogP contribution is -2.32. The highest BCUT2D eigenvalue weighted by Crippen LogP contribution is 2.12. The van der Waals surface area contributed by atoms with Gasteiger partial charge >= 0.3 is 5.97 Å². The molecular formula is C11H11NO4. The van der Waals surface area contributed by atoms with Gasteiger partial charge in [-0.1, -0.05) is 12.2 Å². The maximum atomic E-state index is 11.6. The lowest BCUT2D eigenvalue weighted by atomic mass is 10.2. The summed E-state index contributed by atoms with van der Waals surface area (Å²) < 4.78 is 4.89. The molecule has 0 spiro atoms. The van der Waals surface area contributed by atoms with Crippen molar-refractivity contribution < 1.29 is 19.1 Å². The van der Waals surface area contributed by atoms with E-state index in [0.29, 0.717) is 0 Å². The molecule has 0 saturated heterocycles. The topological polar surface area (TPSA) is 79.5 Å². The lowest BCUT2D eigenvalue weighted by Gasteiger charge is -2.09. The first-order valence-corrected chi connectivity index (χ1v) is 4.96. The SMILES string of the molecule is O=C(O)c1ccc(C(=O)NC2CC=CC2)o1. The molecule has 0 atom stereocenters. The van der Waals surface area contributed by atoms with E-state index in [1.807, 2.05) is 12.2 Å². The van der Waals surface area contributed by atoms with Crippen molar-refractivity contribution in [3.8, 4) is 0 Å². The monoisotopic (exact) mass is 221 g/mol. The van der Waals surface area contributed by atoms with Crippen LogP contribution in [0.5, 0.6) is 0 Å². The Labute approximate surface area is 91.8 Å². The van der Waals surface area contributed by atoms with Crippen LogP contribution in [0.2, 0.25) is 0 Å². The molecule has 1 aliphatic carbocycles. The summed E-state index contributed by atoms with van der Waals surface area (Å²) in [5, 5.41) is 11.4. The van der Waals surface area contributed by atoms with Gasteiger partial charge in [0.05, 0.1) is 0 Å². The molecule has 0 radical (unpaired) electrons. The second-order valence-electron chi connectivity index (χ2n) is 3.58. The molecule has 0 bridgehead atoms. The number of hydrogen-bond acceptors (Lipinski definition) is 3. The highest BCUT2D eigenvalue weighted by molar-refractivity contribution is 5.93. The molecule has 16 heavy (non-hydrogen) atoms. The Hall–Kier alpha value is -2.04. The smallest absolute Gasteiger partial charge is 0.371 e. The Morgan fingerprint density at radius 1 is 1.25 bits per heavy atom. The zero-order valence-corrected chi connectivity index (χ0v) is 8.47. The average Bonchev–Trinajstić information content (AvgIpc) is 2.86. The number of hydrogen-bond donors (Lipinski definition) is 2. The van der Waals surface area contributed by atoms with Gasteiger partial charge in [0.15, 0.2) is 5.76 Å². The van der Waals surface area contributed by atoms with Gasteiger partial charge in [0, 0.05) is 6.04 Å². The van der Waals surface area contributed by atoms with E-state index in [-0.39, 0.29) is 23.5 Å². The van der Waals surface area contributed by atoms with E-state index in [9.17, 15) is 9.59 Å². The zero-order valence-electron chi connectivity index (χ0n) is 8.47. The van der Waals surface area contributed by atoms with Crippen LogP contribution in [0, 0.1) is 0 Å². The van der Waals surface area contributed by atoms with Crippen LogP contribution in [0.15, 0.2) is 28.7 Å². The number of nitrogens with one attached hydrogen (secondary N) is 1. The van der Waals surface area contributed by atoms with Crippen molar-refractivity contribution in [2.24, 2.45) is 0 Å². The first-order valence-electron chi connectivity index (χ1n) is 4.96. The van der Waals surface area contributed by atoms with Crippen LogP contribution in [0.3, 0.4) is 0 Å². The summed E-state index contributed by atoms with van der Waals surface area (Å²) in [7, 11) is 0. The third-order valence-electron chi connectivity index (χ3n) is 2.38. The molecule has 1 aliphatic rings. The summed E-state index contributed by atoms with van der Waals surface area (Å²) in [4.78, 5) is 22.2. The summed E-state index contributed by atoms with van der Waals surface area (Å²) in [6.07, 6.45) is 5.60. The van der Waals surface area contributed by atoms with Crippen molar-refractivity contribution in [3.63, 3.8) is 0 Å². The predicted molar refractivity (Wildman–Crippen MR) is 55.3 cm³/mol. The number of rotatable bonds is 3. The highest BCUT2D eigenvalue weighted by atomic mass is 16.4. The van der Waals surface area contributed by atoms with Crippen molar-refractivity contribution >= 4 is 11.9 Å². The van der Waals surface area contributed by atoms with E-state index in [4.69, 9.17) is 9.52 Å². The van der Waals surface area contributed by atoms with E-state index in [1.165, 1.54) is 12.1 Å². The molecule has 1 aromatic rings. The quantitative estimate of drug-likeness (QED) is 0.756. The van der Waals surface area contributed by atoms with Gasteiger partial charge in [-0.3, -0.25) is 4.79 Å². The molecule has 0 saturated carbocycles. The highest BCUT2D eigenvalue weighted by Gasteiger charge is 2.18. The minimum absolute atomic E-state index is 0.0318. The number of aromatic carboxylic acids is 1. The molecule has 0 aliphatic heterocycles. The van der Waals surface area contributed by atoms with Crippen molar-refractivity contribution in [3.05, 3.63) is 35.8 Å². The first kappa shape index (κ1) is 10.5. The van der Waals surface area contributed by atoms with E-state index in [0.717, 1.165) is 12.8 Å². The minimum Gasteiger partial charge on any atom is -0.475 e. The van der Waals surface area contributed by atoms with Crippen LogP contribution < -0.4 is 5.32 Å². The first-order chi connectivity index (χ1) is 7.66. The molecule has 1 aromatic heterocycles. The van der Waals surface area contributed by atoms with Crippen LogP contribution in [-0.4, -0.2) is 23.0 Å². The van der Waals surface area contributed by atoms with Gasteiger partial charge in [-0.2, -0.15) is 0 Å². The van der Waals surface area contributed by atoms with Crippen LogP contribution in [0.4, 0.5) is 0 Å². The molecule has 84 valence electrons. The Morgan fingerprint density at radius 3 is 2.44 bits per heavy atom. The standard InChI is InChI=1S/C11H11NO4/c13-10(12-7-3-1-2-4-7)8-5-6-9(16-8)11(14)15/h1-2,5-7H,3-4H2,(H,12,13)(H,14,15). The van der Waals surface area contributed by atoms with E-state index < -0.39 is 5.97 Å². The molecular weight excluding hydrogens is 210 g/mol. The second-order valence-corrected chi connectivity index (χ2v) is 3.58. The molecule has 0 aromatic carbocycles. The van der Waals surface area contributed by atoms with Crippen molar-refractivity contribution in [1.82, 2.24) is 5.32 Å². The number of carbonyl (C=O) groups is 2. The van der Waals surface area contributed by atoms with Crippen molar-refractivity contribution in [2.45, 2.75) is 18.9 Å². The second kappa shape index (κ2) is 4.22. The van der Waals surface area contributed by atoms with Gasteiger partial charge in [-0.25, -0.2) is 4.79 Å². The zero-order chi connectivity index (χ0) is 11.5. The Morgan fingerprint density at radius 2 is 1.88 bits per heavy atom. The fourth-order valence-electron chi connectivity index (χ4n) is 1.57. The Balaban J connectivity index is 2.00. The van der Waals surface area contributed by atoms with Crippen LogP contribution in [-0.2, 0) is 0 Å². The van der Waals surface area contributed by atoms with Gasteiger partial charge in [-0.15, -0.1) is 0 Å². The van der Waals surface area contributed by atoms with E-state index in [2.05, 4.69) is 5.32 Å². The van der Waals surface area contributed by atoms with Gasteiger partial charge in [0.2, 0.25) is 5.76 Å². The fraction of sp³-hybridized carbons (Fsp3) is 0.273. The normalized spacial score (nSPS) is 15.2. The third kappa shape index (κ3) is 2.13. The largest absolute Gasteiger partial charge is 0.475 e. The fourth-order valence-corrected chi connectivity index (χ4v) is 1.57. The summed E-state index contributed by atoms with van der Waals surface area (Å²) in [6.45, 7) is 0. The number of furan rings is 1. The summed E-state index contributed by atoms with van der Waals surface area (Å²) in [5.74, 6) is -1.75. The molecule has 1 amide bonds. The van der Waals surface area contributed by atoms with Gasteiger partial charge in [0.1, 0.15) is 0 Å². The maximum Gasteiger partial charge on any atom is 0.371 e. The Bertz CT molecular complexity index is 439. The number of carboxylic acids is 1. The van der Waals surface area contributed by atoms with Crippen molar-refractivity contribution in [2.75, 3.05) is 0 Å². The summed E-state index contributed by atoms with van der Waals surface area (Å²) >= 11 is 0. The van der Waals surface area contributed by atoms with Crippen LogP contribution in [0.25, 0.3) is 0 Å². The van der Waals surface area contributed by atoms with Gasteiger partial charge in [0.25, 0.3) is 5.91 Å². The molecule has 0 fully saturated rings. The summed E-state index contributed by atoms with van der Waals surface area (Å²) in [6, 6.07) is 2.72. The predicted octanol–water partition coefficient (Wildman–Crippen LogP) is 1.43. The molecule has 1 heterocycles. The van der Waals surface area contributed by atoms with Gasteiger partial charge < -0.3 is 14.8 Å². The van der Waals surface area contributed by atoms with Crippen LogP contribution in [0.1, 0.15) is 34.0 Å².